The van der Waals surface area contributed by atoms with Crippen molar-refractivity contribution in [3.63, 3.8) is 0 Å². The molecular formula is C23H23ClN4O2S2. The fourth-order valence-electron chi connectivity index (χ4n) is 3.85. The number of fused-ring (bicyclic) bond motifs is 2. The maximum atomic E-state index is 13.6. The Morgan fingerprint density at radius 2 is 1.97 bits per heavy atom. The van der Waals surface area contributed by atoms with Crippen LogP contribution in [0.1, 0.15) is 21.8 Å². The number of carbonyl (C=O) groups excluding carboxylic acids is 1. The minimum atomic E-state index is -0.110. The van der Waals surface area contributed by atoms with Gasteiger partial charge in [0, 0.05) is 26.2 Å². The predicted molar refractivity (Wildman–Crippen MR) is 133 cm³/mol. The number of aryl methyl sites for hydroxylation is 1. The van der Waals surface area contributed by atoms with Gasteiger partial charge in [0.05, 0.1) is 38.7 Å². The first-order valence-electron chi connectivity index (χ1n) is 10.6. The molecule has 0 radical (unpaired) electrons. The zero-order chi connectivity index (χ0) is 22.1. The third kappa shape index (κ3) is 4.38. The largest absolute Gasteiger partial charge is 0.379 e. The molecule has 0 aliphatic carbocycles. The van der Waals surface area contributed by atoms with Crippen LogP contribution in [0.25, 0.3) is 20.4 Å². The van der Waals surface area contributed by atoms with Gasteiger partial charge < -0.3 is 4.74 Å². The van der Waals surface area contributed by atoms with Crippen molar-refractivity contribution in [2.24, 2.45) is 0 Å². The number of carbonyl (C=O) groups is 1. The van der Waals surface area contributed by atoms with Gasteiger partial charge in [0.1, 0.15) is 0 Å². The number of anilines is 1. The van der Waals surface area contributed by atoms with Gasteiger partial charge in [0.15, 0.2) is 10.1 Å². The normalized spacial score (nSPS) is 14.9. The summed E-state index contributed by atoms with van der Waals surface area (Å²) in [7, 11) is 0. The van der Waals surface area contributed by atoms with Crippen LogP contribution in [-0.2, 0) is 4.74 Å². The van der Waals surface area contributed by atoms with Crippen LogP contribution in [0.4, 0.5) is 5.13 Å². The molecule has 9 heteroatoms. The number of ether oxygens (including phenoxy) is 1. The molecule has 0 unspecified atom stereocenters. The second-order valence-corrected chi connectivity index (χ2v) is 10.2. The van der Waals surface area contributed by atoms with E-state index in [1.54, 1.807) is 4.90 Å². The Morgan fingerprint density at radius 3 is 2.75 bits per heavy atom. The first-order valence-corrected chi connectivity index (χ1v) is 12.6. The maximum absolute atomic E-state index is 13.6. The molecule has 32 heavy (non-hydrogen) atoms. The molecule has 166 valence electrons. The Bertz CT molecular complexity index is 1190. The number of nitrogens with zero attached hydrogens (tertiary/aromatic N) is 4. The van der Waals surface area contributed by atoms with Gasteiger partial charge in [-0.3, -0.25) is 14.6 Å². The number of thiazole rings is 2. The van der Waals surface area contributed by atoms with Crippen LogP contribution in [0.2, 0.25) is 5.02 Å². The molecule has 0 N–H and O–H groups in total. The Hall–Kier alpha value is -2.10. The molecule has 1 aliphatic rings. The molecule has 3 heterocycles. The second-order valence-electron chi connectivity index (χ2n) is 7.79. The molecule has 5 rings (SSSR count). The van der Waals surface area contributed by atoms with E-state index < -0.39 is 0 Å². The molecule has 1 fully saturated rings. The van der Waals surface area contributed by atoms with Gasteiger partial charge in [-0.2, -0.15) is 0 Å². The lowest BCUT2D eigenvalue weighted by molar-refractivity contribution is 0.0376. The standard InChI is InChI=1S/C23H23ClN4O2S2/c1-15-7-8-16(24)20-19(15)26-23(32-20)28(10-4-9-27-11-13-30-14-12-27)22(29)21-25-17-5-2-3-6-18(17)31-21/h2-3,5-8H,4,9-14H2,1H3. The van der Waals surface area contributed by atoms with Crippen molar-refractivity contribution in [2.45, 2.75) is 13.3 Å². The molecule has 0 atom stereocenters. The molecule has 0 spiro atoms. The van der Waals surface area contributed by atoms with Crippen molar-refractivity contribution in [3.8, 4) is 0 Å². The van der Waals surface area contributed by atoms with Crippen LogP contribution in [0, 0.1) is 6.92 Å². The Kier molecular flexibility index (Phi) is 6.39. The molecule has 0 bridgehead atoms. The van der Waals surface area contributed by atoms with Crippen LogP contribution in [0.15, 0.2) is 36.4 Å². The molecule has 1 aliphatic heterocycles. The SMILES string of the molecule is Cc1ccc(Cl)c2sc(N(CCCN3CCOCC3)C(=O)c3nc4ccccc4s3)nc12. The van der Waals surface area contributed by atoms with E-state index in [0.717, 1.165) is 65.3 Å². The van der Waals surface area contributed by atoms with Crippen molar-refractivity contribution in [1.29, 1.82) is 0 Å². The molecule has 0 saturated carbocycles. The summed E-state index contributed by atoms with van der Waals surface area (Å²) in [5.41, 5.74) is 2.75. The lowest BCUT2D eigenvalue weighted by Crippen LogP contribution is -2.39. The fraction of sp³-hybridized carbons (Fsp3) is 0.348. The summed E-state index contributed by atoms with van der Waals surface area (Å²) >= 11 is 9.33. The highest BCUT2D eigenvalue weighted by molar-refractivity contribution is 7.23. The number of hydrogen-bond donors (Lipinski definition) is 0. The van der Waals surface area contributed by atoms with E-state index in [1.165, 1.54) is 22.7 Å². The fourth-order valence-corrected chi connectivity index (χ4v) is 6.10. The Labute approximate surface area is 199 Å². The van der Waals surface area contributed by atoms with Gasteiger partial charge in [-0.1, -0.05) is 41.1 Å². The van der Waals surface area contributed by atoms with E-state index in [0.29, 0.717) is 21.7 Å². The van der Waals surface area contributed by atoms with Gasteiger partial charge >= 0.3 is 0 Å². The summed E-state index contributed by atoms with van der Waals surface area (Å²) < 4.78 is 7.36. The maximum Gasteiger partial charge on any atom is 0.289 e. The van der Waals surface area contributed by atoms with Gasteiger partial charge in [0.25, 0.3) is 5.91 Å². The number of morpholine rings is 1. The van der Waals surface area contributed by atoms with E-state index in [4.69, 9.17) is 21.3 Å². The third-order valence-corrected chi connectivity index (χ3v) is 8.16. The summed E-state index contributed by atoms with van der Waals surface area (Å²) in [4.78, 5) is 27.2. The Balaban J connectivity index is 1.45. The average Bonchev–Trinajstić information content (AvgIpc) is 3.45. The van der Waals surface area contributed by atoms with Crippen LogP contribution in [-0.4, -0.2) is 60.2 Å². The topological polar surface area (TPSA) is 58.6 Å². The van der Waals surface area contributed by atoms with Gasteiger partial charge in [-0.05, 0) is 37.1 Å². The highest BCUT2D eigenvalue weighted by Gasteiger charge is 2.25. The summed E-state index contributed by atoms with van der Waals surface area (Å²) in [5, 5.41) is 1.82. The van der Waals surface area contributed by atoms with Crippen LogP contribution < -0.4 is 4.90 Å². The molecule has 1 saturated heterocycles. The molecular weight excluding hydrogens is 464 g/mol. The Morgan fingerprint density at radius 1 is 1.16 bits per heavy atom. The molecule has 6 nitrogen and oxygen atoms in total. The smallest absolute Gasteiger partial charge is 0.289 e. The van der Waals surface area contributed by atoms with Crippen molar-refractivity contribution < 1.29 is 9.53 Å². The zero-order valence-corrected chi connectivity index (χ0v) is 20.1. The predicted octanol–water partition coefficient (Wildman–Crippen LogP) is 5.24. The van der Waals surface area contributed by atoms with Crippen LogP contribution in [0.3, 0.4) is 0 Å². The summed E-state index contributed by atoms with van der Waals surface area (Å²) in [6.07, 6.45) is 0.847. The number of rotatable bonds is 6. The van der Waals surface area contributed by atoms with Crippen LogP contribution in [0.5, 0.6) is 0 Å². The van der Waals surface area contributed by atoms with E-state index in [1.807, 2.05) is 43.3 Å². The summed E-state index contributed by atoms with van der Waals surface area (Å²) in [5.74, 6) is -0.110. The molecule has 2 aromatic carbocycles. The molecule has 2 aromatic heterocycles. The highest BCUT2D eigenvalue weighted by atomic mass is 35.5. The van der Waals surface area contributed by atoms with Crippen molar-refractivity contribution in [1.82, 2.24) is 14.9 Å². The van der Waals surface area contributed by atoms with E-state index in [2.05, 4.69) is 9.88 Å². The van der Waals surface area contributed by atoms with Crippen LogP contribution >= 0.6 is 34.3 Å². The zero-order valence-electron chi connectivity index (χ0n) is 17.7. The minimum Gasteiger partial charge on any atom is -0.379 e. The number of aromatic nitrogens is 2. The first-order chi connectivity index (χ1) is 15.6. The second kappa shape index (κ2) is 9.41. The quantitative estimate of drug-likeness (QED) is 0.373. The monoisotopic (exact) mass is 486 g/mol. The molecule has 4 aromatic rings. The number of halogens is 1. The van der Waals surface area contributed by atoms with Gasteiger partial charge in [-0.15, -0.1) is 11.3 Å². The highest BCUT2D eigenvalue weighted by Crippen LogP contribution is 2.36. The number of benzene rings is 2. The average molecular weight is 487 g/mol. The number of amides is 1. The van der Waals surface area contributed by atoms with Crippen molar-refractivity contribution in [3.05, 3.63) is 52.0 Å². The lowest BCUT2D eigenvalue weighted by Gasteiger charge is -2.27. The summed E-state index contributed by atoms with van der Waals surface area (Å²) in [6, 6.07) is 11.7. The number of para-hydroxylation sites is 1. The van der Waals surface area contributed by atoms with Gasteiger partial charge in [0.2, 0.25) is 0 Å². The minimum absolute atomic E-state index is 0.110. The molecule has 1 amide bonds. The van der Waals surface area contributed by atoms with Gasteiger partial charge in [-0.25, -0.2) is 9.97 Å². The third-order valence-electron chi connectivity index (χ3n) is 5.60. The van der Waals surface area contributed by atoms with E-state index in [-0.39, 0.29) is 5.91 Å². The van der Waals surface area contributed by atoms with E-state index in [9.17, 15) is 4.79 Å². The summed E-state index contributed by atoms with van der Waals surface area (Å²) in [6.45, 7) is 6.90. The number of hydrogen-bond acceptors (Lipinski definition) is 7. The van der Waals surface area contributed by atoms with E-state index >= 15 is 0 Å². The first kappa shape index (κ1) is 21.7. The van der Waals surface area contributed by atoms with Crippen molar-refractivity contribution in [2.75, 3.05) is 44.3 Å². The lowest BCUT2D eigenvalue weighted by atomic mass is 10.2. The van der Waals surface area contributed by atoms with Crippen molar-refractivity contribution >= 4 is 65.7 Å².